The van der Waals surface area contributed by atoms with Crippen LogP contribution in [0, 0.1) is 11.6 Å². The van der Waals surface area contributed by atoms with Gasteiger partial charge < -0.3 is 10.1 Å². The Balaban J connectivity index is 2.12. The van der Waals surface area contributed by atoms with Crippen LogP contribution in [-0.4, -0.2) is 18.8 Å². The quantitative estimate of drug-likeness (QED) is 0.815. The van der Waals surface area contributed by atoms with Crippen molar-refractivity contribution in [3.63, 3.8) is 0 Å². The van der Waals surface area contributed by atoms with Gasteiger partial charge in [-0.05, 0) is 31.5 Å². The van der Waals surface area contributed by atoms with E-state index in [1.165, 1.54) is 6.07 Å². The highest BCUT2D eigenvalue weighted by Gasteiger charge is 2.24. The molecule has 0 radical (unpaired) electrons. The number of hydrogen-bond acceptors (Lipinski definition) is 2. The van der Waals surface area contributed by atoms with Gasteiger partial charge in [0.25, 0.3) is 0 Å². The second kappa shape index (κ2) is 4.14. The zero-order valence-electron chi connectivity index (χ0n) is 8.47. The summed E-state index contributed by atoms with van der Waals surface area (Å²) < 4.78 is 31.5. The summed E-state index contributed by atoms with van der Waals surface area (Å²) >= 11 is 0. The van der Waals surface area contributed by atoms with E-state index in [-0.39, 0.29) is 17.8 Å². The third-order valence-electron chi connectivity index (χ3n) is 2.65. The molecule has 1 aliphatic rings. The van der Waals surface area contributed by atoms with Gasteiger partial charge in [-0.3, -0.25) is 0 Å². The molecule has 15 heavy (non-hydrogen) atoms. The van der Waals surface area contributed by atoms with Gasteiger partial charge >= 0.3 is 0 Å². The Morgan fingerprint density at radius 2 is 2.20 bits per heavy atom. The molecule has 0 amide bonds. The van der Waals surface area contributed by atoms with Crippen LogP contribution in [0.25, 0.3) is 0 Å². The number of rotatable bonds is 2. The summed E-state index contributed by atoms with van der Waals surface area (Å²) in [6, 6.07) is 3.45. The summed E-state index contributed by atoms with van der Waals surface area (Å²) in [7, 11) is 0. The Morgan fingerprint density at radius 3 is 2.87 bits per heavy atom. The summed E-state index contributed by atoms with van der Waals surface area (Å²) in [4.78, 5) is 0. The average Bonchev–Trinajstić information content (AvgIpc) is 2.58. The molecule has 4 heteroatoms. The Kier molecular flexibility index (Phi) is 2.86. The van der Waals surface area contributed by atoms with Gasteiger partial charge in [0.2, 0.25) is 0 Å². The van der Waals surface area contributed by atoms with Gasteiger partial charge in [0.15, 0.2) is 0 Å². The third-order valence-corrected chi connectivity index (χ3v) is 2.65. The van der Waals surface area contributed by atoms with Crippen molar-refractivity contribution in [1.29, 1.82) is 0 Å². The van der Waals surface area contributed by atoms with Crippen molar-refractivity contribution in [2.75, 3.05) is 11.9 Å². The predicted octanol–water partition coefficient (Wildman–Crippen LogP) is 2.55. The lowest BCUT2D eigenvalue weighted by molar-refractivity contribution is 0.121. The summed E-state index contributed by atoms with van der Waals surface area (Å²) in [6.07, 6.45) is 0.851. The zero-order chi connectivity index (χ0) is 10.8. The van der Waals surface area contributed by atoms with Gasteiger partial charge in [-0.25, -0.2) is 8.78 Å². The summed E-state index contributed by atoms with van der Waals surface area (Å²) in [5.74, 6) is -0.874. The van der Waals surface area contributed by atoms with Crippen molar-refractivity contribution < 1.29 is 13.5 Å². The van der Waals surface area contributed by atoms with E-state index in [2.05, 4.69) is 5.32 Å². The highest BCUT2D eigenvalue weighted by atomic mass is 19.1. The van der Waals surface area contributed by atoms with Crippen LogP contribution in [0.5, 0.6) is 0 Å². The number of benzene rings is 1. The van der Waals surface area contributed by atoms with Gasteiger partial charge in [0.1, 0.15) is 11.6 Å². The molecular formula is C11H13F2NO. The summed E-state index contributed by atoms with van der Waals surface area (Å²) in [5.41, 5.74) is 0.206. The van der Waals surface area contributed by atoms with Crippen molar-refractivity contribution in [2.24, 2.45) is 0 Å². The molecule has 2 rings (SSSR count). The Hall–Kier alpha value is -1.16. The monoisotopic (exact) mass is 213 g/mol. The first-order chi connectivity index (χ1) is 7.16. The maximum Gasteiger partial charge on any atom is 0.146 e. The van der Waals surface area contributed by atoms with Gasteiger partial charge in [-0.1, -0.05) is 0 Å². The molecule has 0 saturated carbocycles. The Labute approximate surface area is 87.2 Å². The van der Waals surface area contributed by atoms with Crippen LogP contribution in [0.3, 0.4) is 0 Å². The second-order valence-electron chi connectivity index (χ2n) is 3.74. The predicted molar refractivity (Wildman–Crippen MR) is 53.8 cm³/mol. The highest BCUT2D eigenvalue weighted by Crippen LogP contribution is 2.21. The fourth-order valence-corrected chi connectivity index (χ4v) is 1.73. The van der Waals surface area contributed by atoms with Crippen LogP contribution in [0.2, 0.25) is 0 Å². The molecule has 0 bridgehead atoms. The molecule has 0 aromatic heterocycles. The first-order valence-corrected chi connectivity index (χ1v) is 5.00. The molecule has 1 saturated heterocycles. The molecule has 2 atom stereocenters. The van der Waals surface area contributed by atoms with Crippen LogP contribution in [0.15, 0.2) is 18.2 Å². The van der Waals surface area contributed by atoms with E-state index in [9.17, 15) is 8.78 Å². The molecule has 1 aromatic rings. The number of ether oxygens (including phenoxy) is 1. The Morgan fingerprint density at radius 1 is 1.40 bits per heavy atom. The normalized spacial score (nSPS) is 25.5. The minimum absolute atomic E-state index is 0.0349. The maximum atomic E-state index is 13.3. The second-order valence-corrected chi connectivity index (χ2v) is 3.74. The molecule has 1 aromatic carbocycles. The van der Waals surface area contributed by atoms with E-state index < -0.39 is 11.6 Å². The molecule has 1 fully saturated rings. The molecule has 0 spiro atoms. The minimum atomic E-state index is -0.439. The third kappa shape index (κ3) is 2.26. The van der Waals surface area contributed by atoms with Crippen LogP contribution in [-0.2, 0) is 4.74 Å². The average molecular weight is 213 g/mol. The van der Waals surface area contributed by atoms with Crippen LogP contribution >= 0.6 is 0 Å². The Bertz CT molecular complexity index is 356. The minimum Gasteiger partial charge on any atom is -0.377 e. The number of anilines is 1. The van der Waals surface area contributed by atoms with E-state index in [4.69, 9.17) is 4.74 Å². The van der Waals surface area contributed by atoms with Crippen LogP contribution in [0.4, 0.5) is 14.5 Å². The van der Waals surface area contributed by atoms with E-state index in [1.807, 2.05) is 6.92 Å². The number of halogens is 2. The lowest BCUT2D eigenvalue weighted by Gasteiger charge is -2.17. The fourth-order valence-electron chi connectivity index (χ4n) is 1.73. The van der Waals surface area contributed by atoms with E-state index in [0.717, 1.165) is 18.6 Å². The fraction of sp³-hybridized carbons (Fsp3) is 0.455. The molecular weight excluding hydrogens is 200 g/mol. The van der Waals surface area contributed by atoms with Crippen LogP contribution < -0.4 is 5.32 Å². The van der Waals surface area contributed by atoms with Crippen molar-refractivity contribution >= 4 is 5.69 Å². The van der Waals surface area contributed by atoms with E-state index in [0.29, 0.717) is 6.61 Å². The molecule has 1 N–H and O–H groups in total. The van der Waals surface area contributed by atoms with Gasteiger partial charge in [0, 0.05) is 6.61 Å². The molecule has 2 nitrogen and oxygen atoms in total. The SMILES string of the molecule is C[C@@H]1OCC[C@H]1Nc1cc(F)ccc1F. The molecule has 0 aliphatic carbocycles. The lowest BCUT2D eigenvalue weighted by Crippen LogP contribution is -2.27. The van der Waals surface area contributed by atoms with E-state index in [1.54, 1.807) is 0 Å². The van der Waals surface area contributed by atoms with E-state index >= 15 is 0 Å². The first-order valence-electron chi connectivity index (χ1n) is 5.00. The molecule has 0 unspecified atom stereocenters. The smallest absolute Gasteiger partial charge is 0.146 e. The molecule has 82 valence electrons. The first kappa shape index (κ1) is 10.4. The van der Waals surface area contributed by atoms with Crippen molar-refractivity contribution in [3.05, 3.63) is 29.8 Å². The molecule has 1 aliphatic heterocycles. The van der Waals surface area contributed by atoms with Crippen molar-refractivity contribution in [3.8, 4) is 0 Å². The molecule has 1 heterocycles. The lowest BCUT2D eigenvalue weighted by atomic mass is 10.1. The topological polar surface area (TPSA) is 21.3 Å². The van der Waals surface area contributed by atoms with Crippen LogP contribution in [0.1, 0.15) is 13.3 Å². The zero-order valence-corrected chi connectivity index (χ0v) is 8.47. The highest BCUT2D eigenvalue weighted by molar-refractivity contribution is 5.46. The maximum absolute atomic E-state index is 13.3. The van der Waals surface area contributed by atoms with Gasteiger partial charge in [0.05, 0.1) is 17.8 Å². The summed E-state index contributed by atoms with van der Waals surface area (Å²) in [6.45, 7) is 2.58. The standard InChI is InChI=1S/C11H13F2NO/c1-7-10(4-5-15-7)14-11-6-8(12)2-3-9(11)13/h2-3,6-7,10,14H,4-5H2,1H3/t7-,10+/m0/s1. The van der Waals surface area contributed by atoms with Crippen molar-refractivity contribution in [1.82, 2.24) is 0 Å². The van der Waals surface area contributed by atoms with Gasteiger partial charge in [-0.2, -0.15) is 0 Å². The van der Waals surface area contributed by atoms with Crippen molar-refractivity contribution in [2.45, 2.75) is 25.5 Å². The van der Waals surface area contributed by atoms with Gasteiger partial charge in [-0.15, -0.1) is 0 Å². The number of hydrogen-bond donors (Lipinski definition) is 1. The number of nitrogens with one attached hydrogen (secondary N) is 1. The summed E-state index contributed by atoms with van der Waals surface area (Å²) in [5, 5.41) is 2.96. The largest absolute Gasteiger partial charge is 0.377 e.